The molecule has 1 aliphatic heterocycles. The number of thiol groups is 2. The fourth-order valence-electron chi connectivity index (χ4n) is 5.90. The molecule has 0 atom stereocenters. The number of piperazine rings is 1. The van der Waals surface area contributed by atoms with Gasteiger partial charge < -0.3 is 29.4 Å². The van der Waals surface area contributed by atoms with Gasteiger partial charge in [0, 0.05) is 129 Å². The first-order chi connectivity index (χ1) is 22.9. The zero-order valence-electron chi connectivity index (χ0n) is 29.4. The average Bonchev–Trinajstić information content (AvgIpc) is 3.10. The SMILES string of the molecule is CN(CCCN(CCCN(C)C(=O)c1ccc(N(C)C)cc1)c1ccc(N2CCN(C(S)S)CC2)cc1)C(=O)c1ccc(N(C)C)cc1. The Balaban J connectivity index is 1.37. The molecule has 3 aromatic carbocycles. The van der Waals surface area contributed by atoms with Crippen LogP contribution in [-0.2, 0) is 0 Å². The Morgan fingerprint density at radius 2 is 0.979 bits per heavy atom. The summed E-state index contributed by atoms with van der Waals surface area (Å²) in [7, 11) is 11.7. The first-order valence-electron chi connectivity index (χ1n) is 16.7. The number of nitrogens with zero attached hydrogens (tertiary/aromatic N) is 7. The summed E-state index contributed by atoms with van der Waals surface area (Å²) in [5.74, 6) is 0.0504. The molecule has 1 saturated heterocycles. The lowest BCUT2D eigenvalue weighted by Crippen LogP contribution is -2.47. The molecule has 0 unspecified atom stereocenters. The fraction of sp³-hybridized carbons (Fsp3) is 0.459. The molecule has 0 spiro atoms. The van der Waals surface area contributed by atoms with Crippen LogP contribution in [0.1, 0.15) is 33.6 Å². The van der Waals surface area contributed by atoms with Crippen molar-refractivity contribution in [3.63, 3.8) is 0 Å². The van der Waals surface area contributed by atoms with Crippen molar-refractivity contribution < 1.29 is 9.59 Å². The van der Waals surface area contributed by atoms with E-state index in [4.69, 9.17) is 0 Å². The van der Waals surface area contributed by atoms with Crippen molar-refractivity contribution in [3.05, 3.63) is 83.9 Å². The summed E-state index contributed by atoms with van der Waals surface area (Å²) in [6.45, 7) is 6.63. The van der Waals surface area contributed by atoms with Crippen LogP contribution in [0, 0.1) is 0 Å². The maximum Gasteiger partial charge on any atom is 0.253 e. The smallest absolute Gasteiger partial charge is 0.253 e. The molecule has 0 saturated carbocycles. The van der Waals surface area contributed by atoms with Gasteiger partial charge in [-0.25, -0.2) is 0 Å². The van der Waals surface area contributed by atoms with E-state index in [1.54, 1.807) is 9.80 Å². The van der Waals surface area contributed by atoms with Crippen LogP contribution in [0.15, 0.2) is 72.8 Å². The van der Waals surface area contributed by atoms with Gasteiger partial charge in [-0.15, -0.1) is 25.3 Å². The molecule has 0 N–H and O–H groups in total. The molecule has 1 heterocycles. The molecule has 48 heavy (non-hydrogen) atoms. The zero-order valence-corrected chi connectivity index (χ0v) is 31.2. The number of benzene rings is 3. The summed E-state index contributed by atoms with van der Waals surface area (Å²) >= 11 is 8.95. The Hall–Kier alpha value is -3.54. The Morgan fingerprint density at radius 1 is 0.583 bits per heavy atom. The van der Waals surface area contributed by atoms with Crippen molar-refractivity contribution in [2.24, 2.45) is 0 Å². The first-order valence-corrected chi connectivity index (χ1v) is 17.7. The molecule has 260 valence electrons. The molecule has 0 aliphatic carbocycles. The number of carbonyl (C=O) groups excluding carboxylic acids is 2. The second kappa shape index (κ2) is 17.7. The number of carbonyl (C=O) groups is 2. The third-order valence-electron chi connectivity index (χ3n) is 9.02. The normalized spacial score (nSPS) is 13.4. The number of hydrogen-bond donors (Lipinski definition) is 2. The number of amides is 2. The lowest BCUT2D eigenvalue weighted by Gasteiger charge is -2.37. The molecular weight excluding hydrogens is 639 g/mol. The van der Waals surface area contributed by atoms with Gasteiger partial charge in [-0.1, -0.05) is 0 Å². The minimum atomic E-state index is -0.0287. The van der Waals surface area contributed by atoms with Gasteiger partial charge in [0.25, 0.3) is 11.8 Å². The fourth-order valence-corrected chi connectivity index (χ4v) is 6.36. The molecule has 4 rings (SSSR count). The van der Waals surface area contributed by atoms with Crippen molar-refractivity contribution in [1.29, 1.82) is 0 Å². The topological polar surface area (TPSA) is 56.8 Å². The molecule has 9 nitrogen and oxygen atoms in total. The molecular formula is C37H53N7O2S2. The van der Waals surface area contributed by atoms with Crippen LogP contribution < -0.4 is 19.6 Å². The Bertz CT molecular complexity index is 1370. The van der Waals surface area contributed by atoms with Gasteiger partial charge in [0.1, 0.15) is 0 Å². The summed E-state index contributed by atoms with van der Waals surface area (Å²) in [6.07, 6.45) is 1.65. The lowest BCUT2D eigenvalue weighted by molar-refractivity contribution is 0.0788. The first kappa shape index (κ1) is 37.3. The zero-order chi connectivity index (χ0) is 34.8. The predicted molar refractivity (Wildman–Crippen MR) is 209 cm³/mol. The molecule has 3 aromatic rings. The summed E-state index contributed by atoms with van der Waals surface area (Å²) in [4.78, 5) is 41.0. The summed E-state index contributed by atoms with van der Waals surface area (Å²) in [5, 5.41) is 0. The summed E-state index contributed by atoms with van der Waals surface area (Å²) in [5.41, 5.74) is 5.88. The van der Waals surface area contributed by atoms with Crippen molar-refractivity contribution in [2.75, 3.05) is 114 Å². The van der Waals surface area contributed by atoms with E-state index >= 15 is 0 Å². The lowest BCUT2D eigenvalue weighted by atomic mass is 10.1. The molecule has 0 bridgehead atoms. The van der Waals surface area contributed by atoms with Gasteiger partial charge in [-0.05, 0) is 85.6 Å². The van der Waals surface area contributed by atoms with Gasteiger partial charge >= 0.3 is 0 Å². The highest BCUT2D eigenvalue weighted by atomic mass is 32.2. The minimum absolute atomic E-state index is 0.0252. The molecule has 11 heteroatoms. The standard InChI is InChI=1S/C37H53N7O2S2/c1-38(2)31-13-9-29(10-14-31)35(45)40(5)21-7-23-42(24-8-22-41(6)36(46)30-11-15-32(16-12-30)39(3)4)33-17-19-34(20-18-33)43-25-27-44(28-26-43)37(47)48/h9-20,37,47-48H,7-8,21-28H2,1-6H3. The van der Waals surface area contributed by atoms with Gasteiger partial charge in [-0.3, -0.25) is 14.5 Å². The number of anilines is 4. The van der Waals surface area contributed by atoms with Gasteiger partial charge in [0.2, 0.25) is 0 Å². The monoisotopic (exact) mass is 691 g/mol. The maximum atomic E-state index is 13.1. The van der Waals surface area contributed by atoms with E-state index in [0.29, 0.717) is 24.2 Å². The van der Waals surface area contributed by atoms with Crippen molar-refractivity contribution in [3.8, 4) is 0 Å². The van der Waals surface area contributed by atoms with Crippen molar-refractivity contribution in [1.82, 2.24) is 14.7 Å². The van der Waals surface area contributed by atoms with E-state index in [-0.39, 0.29) is 16.5 Å². The second-order valence-corrected chi connectivity index (χ2v) is 14.3. The van der Waals surface area contributed by atoms with Crippen LogP contribution in [0.2, 0.25) is 0 Å². The highest BCUT2D eigenvalue weighted by molar-refractivity contribution is 7.99. The van der Waals surface area contributed by atoms with Crippen LogP contribution in [0.3, 0.4) is 0 Å². The maximum absolute atomic E-state index is 13.1. The van der Waals surface area contributed by atoms with E-state index in [9.17, 15) is 9.59 Å². The average molecular weight is 692 g/mol. The molecule has 2 amide bonds. The van der Waals surface area contributed by atoms with Crippen LogP contribution >= 0.6 is 25.3 Å². The number of rotatable bonds is 15. The third-order valence-corrected chi connectivity index (χ3v) is 9.67. The van der Waals surface area contributed by atoms with Crippen molar-refractivity contribution >= 4 is 59.8 Å². The van der Waals surface area contributed by atoms with E-state index in [2.05, 4.69) is 64.2 Å². The highest BCUT2D eigenvalue weighted by Crippen LogP contribution is 2.24. The van der Waals surface area contributed by atoms with E-state index < -0.39 is 0 Å². The quantitative estimate of drug-likeness (QED) is 0.168. The van der Waals surface area contributed by atoms with E-state index in [1.807, 2.05) is 101 Å². The van der Waals surface area contributed by atoms with E-state index in [0.717, 1.165) is 69.2 Å². The van der Waals surface area contributed by atoms with Crippen LogP contribution in [0.25, 0.3) is 0 Å². The Morgan fingerprint density at radius 3 is 1.35 bits per heavy atom. The molecule has 0 aromatic heterocycles. The van der Waals surface area contributed by atoms with Crippen LogP contribution in [0.5, 0.6) is 0 Å². The van der Waals surface area contributed by atoms with Gasteiger partial charge in [-0.2, -0.15) is 0 Å². The molecule has 0 radical (unpaired) electrons. The van der Waals surface area contributed by atoms with Crippen LogP contribution in [0.4, 0.5) is 22.7 Å². The summed E-state index contributed by atoms with van der Waals surface area (Å²) in [6, 6.07) is 24.3. The predicted octanol–water partition coefficient (Wildman–Crippen LogP) is 5.21. The van der Waals surface area contributed by atoms with Crippen LogP contribution in [-0.4, -0.2) is 126 Å². The highest BCUT2D eigenvalue weighted by Gasteiger charge is 2.20. The Kier molecular flexibility index (Phi) is 13.8. The van der Waals surface area contributed by atoms with Crippen molar-refractivity contribution in [2.45, 2.75) is 17.5 Å². The van der Waals surface area contributed by atoms with E-state index in [1.165, 1.54) is 5.69 Å². The number of hydrogen-bond acceptors (Lipinski definition) is 9. The Labute approximate surface area is 298 Å². The molecule has 1 aliphatic rings. The minimum Gasteiger partial charge on any atom is -0.378 e. The molecule has 1 fully saturated rings. The largest absolute Gasteiger partial charge is 0.378 e. The summed E-state index contributed by atoms with van der Waals surface area (Å²) < 4.78 is -0.0287. The van der Waals surface area contributed by atoms with Gasteiger partial charge in [0.05, 0.1) is 4.71 Å². The van der Waals surface area contributed by atoms with Gasteiger partial charge in [0.15, 0.2) is 0 Å². The third kappa shape index (κ3) is 10.2. The second-order valence-electron chi connectivity index (χ2n) is 12.9.